The van der Waals surface area contributed by atoms with Gasteiger partial charge in [0.1, 0.15) is 0 Å². The molecule has 0 saturated heterocycles. The fraction of sp³-hybridized carbons (Fsp3) is 0.417. The lowest BCUT2D eigenvalue weighted by Crippen LogP contribution is -2.43. The number of esters is 1. The minimum atomic E-state index is -3.87. The zero-order valence-electron chi connectivity index (χ0n) is 19.2. The molecule has 9 nitrogen and oxygen atoms in total. The second kappa shape index (κ2) is 10.0. The summed E-state index contributed by atoms with van der Waals surface area (Å²) < 4.78 is 44.0. The van der Waals surface area contributed by atoms with E-state index < -0.39 is 22.1 Å². The average Bonchev–Trinajstić information content (AvgIpc) is 2.97. The standard InChI is InChI=1S/C24H28N2O7S/c1-16-14-18-6-3-4-7-20(18)26(16)24(28)17(2)33-23(27)10-11-25-34(29,30)19-8-9-21-22(15-19)32-13-5-12-31-21/h3-4,6-9,15-17,25H,5,10-14H2,1-2H3. The lowest BCUT2D eigenvalue weighted by molar-refractivity contribution is -0.153. The average molecular weight is 489 g/mol. The highest BCUT2D eigenvalue weighted by Gasteiger charge is 2.34. The number of fused-ring (bicyclic) bond motifs is 2. The van der Waals surface area contributed by atoms with Crippen molar-refractivity contribution in [3.05, 3.63) is 48.0 Å². The zero-order chi connectivity index (χ0) is 24.3. The van der Waals surface area contributed by atoms with Gasteiger partial charge in [-0.1, -0.05) is 18.2 Å². The molecule has 4 rings (SSSR count). The van der Waals surface area contributed by atoms with Crippen LogP contribution in [0.25, 0.3) is 0 Å². The van der Waals surface area contributed by atoms with E-state index in [1.165, 1.54) is 19.1 Å². The summed E-state index contributed by atoms with van der Waals surface area (Å²) in [7, 11) is -3.87. The third kappa shape index (κ3) is 5.18. The molecule has 34 heavy (non-hydrogen) atoms. The Hall–Kier alpha value is -3.11. The normalized spacial score (nSPS) is 18.1. The van der Waals surface area contributed by atoms with Crippen LogP contribution < -0.4 is 19.1 Å². The summed E-state index contributed by atoms with van der Waals surface area (Å²) in [6, 6.07) is 12.0. The van der Waals surface area contributed by atoms with Gasteiger partial charge in [0, 0.05) is 30.8 Å². The Morgan fingerprint density at radius 2 is 1.88 bits per heavy atom. The van der Waals surface area contributed by atoms with Crippen molar-refractivity contribution in [3.63, 3.8) is 0 Å². The third-order valence-corrected chi connectivity index (χ3v) is 7.21. The molecule has 2 heterocycles. The lowest BCUT2D eigenvalue weighted by Gasteiger charge is -2.26. The van der Waals surface area contributed by atoms with Crippen LogP contribution in [-0.2, 0) is 30.8 Å². The summed E-state index contributed by atoms with van der Waals surface area (Å²) in [6.07, 6.45) is 0.248. The number of amides is 1. The third-order valence-electron chi connectivity index (χ3n) is 5.75. The summed E-state index contributed by atoms with van der Waals surface area (Å²) in [5, 5.41) is 0. The van der Waals surface area contributed by atoms with Crippen molar-refractivity contribution in [2.24, 2.45) is 0 Å². The van der Waals surface area contributed by atoms with Crippen LogP contribution in [0.5, 0.6) is 11.5 Å². The Bertz CT molecular complexity index is 1180. The minimum Gasteiger partial charge on any atom is -0.490 e. The summed E-state index contributed by atoms with van der Waals surface area (Å²) in [5.74, 6) is -0.112. The number of carbonyl (C=O) groups excluding carboxylic acids is 2. The number of ether oxygens (including phenoxy) is 3. The number of hydrogen-bond donors (Lipinski definition) is 1. The molecule has 1 amide bonds. The Labute approximate surface area is 199 Å². The Morgan fingerprint density at radius 3 is 2.68 bits per heavy atom. The summed E-state index contributed by atoms with van der Waals surface area (Å²) in [5.41, 5.74) is 1.90. The molecule has 2 aliphatic heterocycles. The fourth-order valence-electron chi connectivity index (χ4n) is 4.09. The van der Waals surface area contributed by atoms with Crippen molar-refractivity contribution in [3.8, 4) is 11.5 Å². The lowest BCUT2D eigenvalue weighted by atomic mass is 10.1. The molecule has 0 aromatic heterocycles. The SMILES string of the molecule is CC(OC(=O)CCNS(=O)(=O)c1ccc2c(c1)OCCCO2)C(=O)N1c2ccccc2CC1C. The molecule has 2 unspecified atom stereocenters. The summed E-state index contributed by atoms with van der Waals surface area (Å²) >= 11 is 0. The van der Waals surface area contributed by atoms with Crippen LogP contribution in [-0.4, -0.2) is 52.2 Å². The van der Waals surface area contributed by atoms with Crippen molar-refractivity contribution in [2.75, 3.05) is 24.7 Å². The first kappa shape index (κ1) is 24.0. The van der Waals surface area contributed by atoms with Gasteiger partial charge in [0.15, 0.2) is 17.6 Å². The first-order chi connectivity index (χ1) is 16.3. The maximum atomic E-state index is 12.9. The number of nitrogens with zero attached hydrogens (tertiary/aromatic N) is 1. The van der Waals surface area contributed by atoms with Crippen LogP contribution in [0.15, 0.2) is 47.4 Å². The van der Waals surface area contributed by atoms with Gasteiger partial charge in [-0.25, -0.2) is 13.1 Å². The van der Waals surface area contributed by atoms with Gasteiger partial charge in [0.05, 0.1) is 24.5 Å². The molecular formula is C24H28N2O7S. The molecule has 0 bridgehead atoms. The fourth-order valence-corrected chi connectivity index (χ4v) is 5.13. The van der Waals surface area contributed by atoms with Gasteiger partial charge in [-0.05, 0) is 44.0 Å². The van der Waals surface area contributed by atoms with E-state index >= 15 is 0 Å². The van der Waals surface area contributed by atoms with Crippen LogP contribution in [0.1, 0.15) is 32.3 Å². The van der Waals surface area contributed by atoms with Crippen LogP contribution in [0.4, 0.5) is 5.69 Å². The van der Waals surface area contributed by atoms with E-state index in [1.54, 1.807) is 11.0 Å². The molecule has 1 N–H and O–H groups in total. The van der Waals surface area contributed by atoms with Crippen LogP contribution in [0, 0.1) is 0 Å². The van der Waals surface area contributed by atoms with Crippen molar-refractivity contribution >= 4 is 27.6 Å². The molecule has 2 aromatic carbocycles. The number of benzene rings is 2. The van der Waals surface area contributed by atoms with E-state index in [9.17, 15) is 18.0 Å². The second-order valence-corrected chi connectivity index (χ2v) is 10.1. The maximum absolute atomic E-state index is 12.9. The Morgan fingerprint density at radius 1 is 1.15 bits per heavy atom. The van der Waals surface area contributed by atoms with Crippen LogP contribution in [0.2, 0.25) is 0 Å². The van der Waals surface area contributed by atoms with Gasteiger partial charge in [0.25, 0.3) is 5.91 Å². The number of carbonyl (C=O) groups is 2. The number of anilines is 1. The molecule has 2 aliphatic rings. The number of para-hydroxylation sites is 1. The topological polar surface area (TPSA) is 111 Å². The molecule has 0 fully saturated rings. The molecule has 182 valence electrons. The van der Waals surface area contributed by atoms with Gasteiger partial charge in [-0.15, -0.1) is 0 Å². The predicted molar refractivity (Wildman–Crippen MR) is 125 cm³/mol. The van der Waals surface area contributed by atoms with Gasteiger partial charge < -0.3 is 19.1 Å². The largest absolute Gasteiger partial charge is 0.490 e. The van der Waals surface area contributed by atoms with E-state index in [-0.39, 0.29) is 29.8 Å². The number of nitrogens with one attached hydrogen (secondary N) is 1. The first-order valence-corrected chi connectivity index (χ1v) is 12.7. The van der Waals surface area contributed by atoms with E-state index in [4.69, 9.17) is 14.2 Å². The van der Waals surface area contributed by atoms with Crippen molar-refractivity contribution < 1.29 is 32.2 Å². The smallest absolute Gasteiger partial charge is 0.307 e. The predicted octanol–water partition coefficient (Wildman–Crippen LogP) is 2.43. The summed E-state index contributed by atoms with van der Waals surface area (Å²) in [6.45, 7) is 4.24. The van der Waals surface area contributed by atoms with E-state index in [0.29, 0.717) is 31.1 Å². The number of hydrogen-bond acceptors (Lipinski definition) is 7. The molecule has 0 spiro atoms. The first-order valence-electron chi connectivity index (χ1n) is 11.3. The van der Waals surface area contributed by atoms with Crippen molar-refractivity contribution in [1.29, 1.82) is 0 Å². The molecule has 0 radical (unpaired) electrons. The van der Waals surface area contributed by atoms with Crippen molar-refractivity contribution in [2.45, 2.75) is 50.2 Å². The maximum Gasteiger partial charge on any atom is 0.307 e. The minimum absolute atomic E-state index is 0.00958. The molecule has 0 aliphatic carbocycles. The highest BCUT2D eigenvalue weighted by atomic mass is 32.2. The van der Waals surface area contributed by atoms with Gasteiger partial charge in [0.2, 0.25) is 10.0 Å². The van der Waals surface area contributed by atoms with E-state index in [1.807, 2.05) is 31.2 Å². The van der Waals surface area contributed by atoms with Crippen LogP contribution >= 0.6 is 0 Å². The van der Waals surface area contributed by atoms with Gasteiger partial charge in [-0.3, -0.25) is 9.59 Å². The van der Waals surface area contributed by atoms with E-state index in [0.717, 1.165) is 17.7 Å². The quantitative estimate of drug-likeness (QED) is 0.596. The summed E-state index contributed by atoms with van der Waals surface area (Å²) in [4.78, 5) is 26.9. The van der Waals surface area contributed by atoms with Crippen LogP contribution in [0.3, 0.4) is 0 Å². The molecule has 10 heteroatoms. The highest BCUT2D eigenvalue weighted by molar-refractivity contribution is 7.89. The highest BCUT2D eigenvalue weighted by Crippen LogP contribution is 2.33. The molecular weight excluding hydrogens is 460 g/mol. The zero-order valence-corrected chi connectivity index (χ0v) is 20.0. The number of rotatable bonds is 7. The monoisotopic (exact) mass is 488 g/mol. The van der Waals surface area contributed by atoms with Crippen molar-refractivity contribution in [1.82, 2.24) is 4.72 Å². The number of sulfonamides is 1. The molecule has 2 atom stereocenters. The van der Waals surface area contributed by atoms with Gasteiger partial charge >= 0.3 is 5.97 Å². The molecule has 2 aromatic rings. The Balaban J connectivity index is 1.30. The molecule has 0 saturated carbocycles. The second-order valence-electron chi connectivity index (χ2n) is 8.33. The van der Waals surface area contributed by atoms with E-state index in [2.05, 4.69) is 4.72 Å². The van der Waals surface area contributed by atoms with Gasteiger partial charge in [-0.2, -0.15) is 0 Å². The Kier molecular flexibility index (Phi) is 7.08.